The fourth-order valence-electron chi connectivity index (χ4n) is 3.17. The Bertz CT molecular complexity index is 370. The molecule has 0 saturated carbocycles. The summed E-state index contributed by atoms with van der Waals surface area (Å²) in [5.74, 6) is 0.828. The molecule has 0 amide bonds. The Morgan fingerprint density at radius 1 is 1.21 bits per heavy atom. The summed E-state index contributed by atoms with van der Waals surface area (Å²) in [6.45, 7) is 9.15. The molecule has 2 rings (SSSR count). The van der Waals surface area contributed by atoms with Crippen LogP contribution in [0.25, 0.3) is 0 Å². The Labute approximate surface area is 124 Å². The molecule has 108 valence electrons. The first-order valence-corrected chi connectivity index (χ1v) is 7.11. The molecule has 1 N–H and O–H groups in total. The monoisotopic (exact) mass is 282 g/mol. The number of rotatable bonds is 4. The minimum absolute atomic E-state index is 0. The summed E-state index contributed by atoms with van der Waals surface area (Å²) in [4.78, 5) is 2.61. The minimum Gasteiger partial charge on any atom is -0.319 e. The molecular formula is C16H27ClN2. The van der Waals surface area contributed by atoms with Gasteiger partial charge >= 0.3 is 0 Å². The third kappa shape index (κ3) is 5.13. The lowest BCUT2D eigenvalue weighted by Crippen LogP contribution is -2.38. The van der Waals surface area contributed by atoms with Crippen LogP contribution >= 0.6 is 12.4 Å². The number of nitrogens with zero attached hydrogens (tertiary/aromatic N) is 1. The minimum atomic E-state index is 0. The van der Waals surface area contributed by atoms with Crippen molar-refractivity contribution in [2.24, 2.45) is 5.92 Å². The van der Waals surface area contributed by atoms with E-state index in [2.05, 4.69) is 49.3 Å². The zero-order valence-electron chi connectivity index (χ0n) is 12.4. The van der Waals surface area contributed by atoms with Gasteiger partial charge in [0.2, 0.25) is 0 Å². The van der Waals surface area contributed by atoms with E-state index in [1.807, 2.05) is 0 Å². The highest BCUT2D eigenvalue weighted by Gasteiger charge is 2.19. The van der Waals surface area contributed by atoms with Gasteiger partial charge in [0, 0.05) is 13.1 Å². The van der Waals surface area contributed by atoms with Crippen molar-refractivity contribution >= 4 is 12.4 Å². The molecule has 0 spiro atoms. The lowest BCUT2D eigenvalue weighted by atomic mass is 9.97. The summed E-state index contributed by atoms with van der Waals surface area (Å²) >= 11 is 0. The van der Waals surface area contributed by atoms with Gasteiger partial charge in [-0.1, -0.05) is 29.3 Å². The van der Waals surface area contributed by atoms with Gasteiger partial charge in [0.05, 0.1) is 0 Å². The number of nitrogens with one attached hydrogen (secondary N) is 1. The predicted molar refractivity (Wildman–Crippen MR) is 85.1 cm³/mol. The largest absolute Gasteiger partial charge is 0.319 e. The summed E-state index contributed by atoms with van der Waals surface area (Å²) in [5, 5.41) is 3.31. The Morgan fingerprint density at radius 2 is 1.89 bits per heavy atom. The maximum Gasteiger partial charge on any atom is 0.0234 e. The van der Waals surface area contributed by atoms with E-state index in [4.69, 9.17) is 0 Å². The highest BCUT2D eigenvalue weighted by atomic mass is 35.5. The second-order valence-electron chi connectivity index (χ2n) is 5.80. The van der Waals surface area contributed by atoms with Crippen molar-refractivity contribution in [3.05, 3.63) is 34.9 Å². The molecule has 0 radical (unpaired) electrons. The third-order valence-electron chi connectivity index (χ3n) is 3.78. The molecule has 0 aromatic heterocycles. The molecule has 1 heterocycles. The summed E-state index contributed by atoms with van der Waals surface area (Å²) < 4.78 is 0. The highest BCUT2D eigenvalue weighted by Crippen LogP contribution is 2.19. The first-order valence-electron chi connectivity index (χ1n) is 7.11. The Balaban J connectivity index is 0.00000180. The van der Waals surface area contributed by atoms with Gasteiger partial charge in [0.1, 0.15) is 0 Å². The first-order chi connectivity index (χ1) is 8.67. The molecule has 2 nitrogen and oxygen atoms in total. The molecule has 1 aromatic rings. The SMILES string of the molecule is CNCC1CCCN(Cc2cc(C)cc(C)c2)C1.Cl. The molecule has 19 heavy (non-hydrogen) atoms. The molecule has 1 atom stereocenters. The molecule has 0 bridgehead atoms. The van der Waals surface area contributed by atoms with Crippen molar-refractivity contribution in [1.29, 1.82) is 0 Å². The smallest absolute Gasteiger partial charge is 0.0234 e. The number of benzene rings is 1. The van der Waals surface area contributed by atoms with Gasteiger partial charge in [0.25, 0.3) is 0 Å². The van der Waals surface area contributed by atoms with Crippen molar-refractivity contribution in [2.45, 2.75) is 33.2 Å². The van der Waals surface area contributed by atoms with Gasteiger partial charge in [-0.15, -0.1) is 12.4 Å². The number of likely N-dealkylation sites (tertiary alicyclic amines) is 1. The first kappa shape index (κ1) is 16.5. The van der Waals surface area contributed by atoms with Crippen molar-refractivity contribution in [3.8, 4) is 0 Å². The third-order valence-corrected chi connectivity index (χ3v) is 3.78. The zero-order valence-corrected chi connectivity index (χ0v) is 13.2. The topological polar surface area (TPSA) is 15.3 Å². The van der Waals surface area contributed by atoms with Crippen molar-refractivity contribution in [3.63, 3.8) is 0 Å². The standard InChI is InChI=1S/C16H26N2.ClH/c1-13-7-14(2)9-16(8-13)12-18-6-4-5-15(11-18)10-17-3;/h7-9,15,17H,4-6,10-12H2,1-3H3;1H. The van der Waals surface area contributed by atoms with Gasteiger partial charge in [0.15, 0.2) is 0 Å². The summed E-state index contributed by atoms with van der Waals surface area (Å²) in [6.07, 6.45) is 2.72. The van der Waals surface area contributed by atoms with Crippen molar-refractivity contribution < 1.29 is 0 Å². The van der Waals surface area contributed by atoms with E-state index in [9.17, 15) is 0 Å². The highest BCUT2D eigenvalue weighted by molar-refractivity contribution is 5.85. The summed E-state index contributed by atoms with van der Waals surface area (Å²) in [5.41, 5.74) is 4.24. The van der Waals surface area contributed by atoms with E-state index in [0.717, 1.165) is 19.0 Å². The summed E-state index contributed by atoms with van der Waals surface area (Å²) in [7, 11) is 2.06. The Morgan fingerprint density at radius 3 is 2.53 bits per heavy atom. The van der Waals surface area contributed by atoms with Gasteiger partial charge in [-0.2, -0.15) is 0 Å². The van der Waals surface area contributed by atoms with Crippen LogP contribution < -0.4 is 5.32 Å². The predicted octanol–water partition coefficient (Wildman–Crippen LogP) is 3.16. The van der Waals surface area contributed by atoms with Gasteiger partial charge in [-0.3, -0.25) is 4.90 Å². The molecular weight excluding hydrogens is 256 g/mol. The fraction of sp³-hybridized carbons (Fsp3) is 0.625. The van der Waals surface area contributed by atoms with Gasteiger partial charge < -0.3 is 5.32 Å². The van der Waals surface area contributed by atoms with E-state index in [-0.39, 0.29) is 12.4 Å². The number of hydrogen-bond acceptors (Lipinski definition) is 2. The summed E-state index contributed by atoms with van der Waals surface area (Å²) in [6, 6.07) is 6.91. The van der Waals surface area contributed by atoms with Crippen molar-refractivity contribution in [1.82, 2.24) is 10.2 Å². The van der Waals surface area contributed by atoms with E-state index in [1.165, 1.54) is 42.6 Å². The molecule has 1 fully saturated rings. The van der Waals surface area contributed by atoms with Crippen LogP contribution in [-0.2, 0) is 6.54 Å². The number of piperidine rings is 1. The average Bonchev–Trinajstić information content (AvgIpc) is 2.28. The van der Waals surface area contributed by atoms with Crippen LogP contribution in [0.3, 0.4) is 0 Å². The normalized spacial score (nSPS) is 20.1. The van der Waals surface area contributed by atoms with Crippen LogP contribution in [-0.4, -0.2) is 31.6 Å². The molecule has 0 aliphatic carbocycles. The van der Waals surface area contributed by atoms with Crippen LogP contribution in [0.5, 0.6) is 0 Å². The second kappa shape index (κ2) is 7.88. The van der Waals surface area contributed by atoms with Crippen LogP contribution in [0.2, 0.25) is 0 Å². The lowest BCUT2D eigenvalue weighted by molar-refractivity contribution is 0.167. The maximum absolute atomic E-state index is 3.31. The quantitative estimate of drug-likeness (QED) is 0.913. The van der Waals surface area contributed by atoms with Crippen molar-refractivity contribution in [2.75, 3.05) is 26.7 Å². The zero-order chi connectivity index (χ0) is 13.0. The van der Waals surface area contributed by atoms with Crippen LogP contribution in [0.15, 0.2) is 18.2 Å². The average molecular weight is 283 g/mol. The van der Waals surface area contributed by atoms with Crippen LogP contribution in [0, 0.1) is 19.8 Å². The number of hydrogen-bond donors (Lipinski definition) is 1. The molecule has 3 heteroatoms. The molecule has 1 aliphatic rings. The van der Waals surface area contributed by atoms with E-state index in [0.29, 0.717) is 0 Å². The van der Waals surface area contributed by atoms with Gasteiger partial charge in [-0.25, -0.2) is 0 Å². The molecule has 1 aromatic carbocycles. The van der Waals surface area contributed by atoms with Crippen LogP contribution in [0.4, 0.5) is 0 Å². The molecule has 1 aliphatic heterocycles. The van der Waals surface area contributed by atoms with E-state index in [1.54, 1.807) is 0 Å². The maximum atomic E-state index is 3.31. The van der Waals surface area contributed by atoms with Crippen LogP contribution in [0.1, 0.15) is 29.5 Å². The lowest BCUT2D eigenvalue weighted by Gasteiger charge is -2.32. The number of aryl methyl sites for hydroxylation is 2. The Hall–Kier alpha value is -0.570. The second-order valence-corrected chi connectivity index (χ2v) is 5.80. The molecule has 1 unspecified atom stereocenters. The number of halogens is 1. The van der Waals surface area contributed by atoms with E-state index < -0.39 is 0 Å². The van der Waals surface area contributed by atoms with E-state index >= 15 is 0 Å². The van der Waals surface area contributed by atoms with Gasteiger partial charge in [-0.05, 0) is 58.3 Å². The fourth-order valence-corrected chi connectivity index (χ4v) is 3.17. The molecule has 1 saturated heterocycles. The Kier molecular flexibility index (Phi) is 6.84.